The fourth-order valence-corrected chi connectivity index (χ4v) is 6.36. The van der Waals surface area contributed by atoms with E-state index in [2.05, 4.69) is 17.1 Å². The Morgan fingerprint density at radius 2 is 1.70 bits per heavy atom. The van der Waals surface area contributed by atoms with Gasteiger partial charge in [-0.2, -0.15) is 17.5 Å². The monoisotopic (exact) mass is 554 g/mol. The van der Waals surface area contributed by atoms with Gasteiger partial charge in [0.15, 0.2) is 6.72 Å². The maximum absolute atomic E-state index is 14.3. The van der Waals surface area contributed by atoms with Crippen LogP contribution in [0.15, 0.2) is 23.3 Å². The van der Waals surface area contributed by atoms with Crippen LogP contribution in [-0.4, -0.2) is 90.7 Å². The molecule has 0 bridgehead atoms. The van der Waals surface area contributed by atoms with Crippen LogP contribution in [0.2, 0.25) is 0 Å². The quantitative estimate of drug-likeness (QED) is 0.448. The largest absolute Gasteiger partial charge is 0.416 e. The van der Waals surface area contributed by atoms with Gasteiger partial charge in [-0.15, -0.1) is 0 Å². The van der Waals surface area contributed by atoms with Crippen molar-refractivity contribution < 1.29 is 44.2 Å². The maximum Gasteiger partial charge on any atom is 0.416 e. The second-order valence-electron chi connectivity index (χ2n) is 9.50. The lowest BCUT2D eigenvalue weighted by Gasteiger charge is -2.50. The molecule has 1 saturated heterocycles. The predicted molar refractivity (Wildman–Crippen MR) is 122 cm³/mol. The Labute approximate surface area is 209 Å². The van der Waals surface area contributed by atoms with Crippen LogP contribution in [-0.2, 0) is 16.2 Å². The number of alkyl halides is 5. The fraction of sp³-hybridized carbons (Fsp3) is 0.591. The van der Waals surface area contributed by atoms with Gasteiger partial charge in [0.05, 0.1) is 11.1 Å². The van der Waals surface area contributed by atoms with Crippen molar-refractivity contribution in [3.8, 4) is 0 Å². The Morgan fingerprint density at radius 1 is 1.11 bits per heavy atom. The van der Waals surface area contributed by atoms with E-state index in [4.69, 9.17) is 0 Å². The average molecular weight is 555 g/mol. The van der Waals surface area contributed by atoms with Crippen LogP contribution in [0.1, 0.15) is 41.6 Å². The van der Waals surface area contributed by atoms with Crippen molar-refractivity contribution in [1.29, 1.82) is 0 Å². The van der Waals surface area contributed by atoms with Crippen molar-refractivity contribution in [1.82, 2.24) is 14.5 Å². The Bertz CT molecular complexity index is 1220. The number of rotatable bonds is 5. The van der Waals surface area contributed by atoms with Gasteiger partial charge in [0.2, 0.25) is 12.5 Å². The lowest BCUT2D eigenvalue weighted by atomic mass is 9.78. The molecule has 0 spiro atoms. The van der Waals surface area contributed by atoms with Gasteiger partial charge in [-0.25, -0.2) is 21.6 Å². The van der Waals surface area contributed by atoms with E-state index in [-0.39, 0.29) is 63.2 Å². The molecule has 0 atom stereocenters. The summed E-state index contributed by atoms with van der Waals surface area (Å²) in [4.78, 5) is 14.5. The minimum Gasteiger partial charge on any atom is -0.350 e. The smallest absolute Gasteiger partial charge is 0.350 e. The summed E-state index contributed by atoms with van der Waals surface area (Å²) in [7, 11) is -3.77. The van der Waals surface area contributed by atoms with Crippen molar-refractivity contribution in [2.45, 2.75) is 43.3 Å². The van der Waals surface area contributed by atoms with E-state index in [0.29, 0.717) is 6.07 Å². The molecule has 4 rings (SSSR count). The molecule has 3 aliphatic rings. The third kappa shape index (κ3) is 5.67. The van der Waals surface area contributed by atoms with E-state index in [1.54, 1.807) is 0 Å². The number of hydrazone groups is 1. The van der Waals surface area contributed by atoms with Gasteiger partial charge in [0.1, 0.15) is 5.82 Å². The number of hydrogen-bond acceptors (Lipinski definition) is 5. The third-order valence-electron chi connectivity index (χ3n) is 7.15. The first kappa shape index (κ1) is 27.5. The summed E-state index contributed by atoms with van der Waals surface area (Å²) in [6.45, 7) is 4.02. The summed E-state index contributed by atoms with van der Waals surface area (Å²) >= 11 is 0. The fourth-order valence-electron chi connectivity index (χ4n) is 4.89. The second kappa shape index (κ2) is 9.66. The molecule has 37 heavy (non-hydrogen) atoms. The number of piperazine rings is 1. The van der Waals surface area contributed by atoms with Gasteiger partial charge < -0.3 is 5.32 Å². The number of carbonyl (C=O) groups is 1. The highest BCUT2D eigenvalue weighted by atomic mass is 32.2. The molecule has 1 amide bonds. The summed E-state index contributed by atoms with van der Waals surface area (Å²) < 4.78 is 109. The topological polar surface area (TPSA) is 85.1 Å². The molecule has 2 heterocycles. The molecular weight excluding hydrogens is 528 g/mol. The summed E-state index contributed by atoms with van der Waals surface area (Å²) in [5.74, 6) is -5.21. The normalized spacial score (nSPS) is 22.8. The first-order valence-corrected chi connectivity index (χ1v) is 13.0. The standard InChI is InChI=1S/C22H25F6N5O3S/c1-31-13-18(30-31)37(35,36)33-10-8-32(9-11-33)20(4-6-21(24,25)7-5-20)14-29-19(34)16-3-2-15(12-17(16)23)22(26,27)28/h2-3,12H,1,4-11,13-14H2/p+1. The third-order valence-corrected chi connectivity index (χ3v) is 9.00. The molecule has 0 aromatic heterocycles. The molecule has 1 aromatic rings. The number of benzene rings is 1. The first-order chi connectivity index (χ1) is 17.1. The highest BCUT2D eigenvalue weighted by Gasteiger charge is 2.49. The molecule has 15 heteroatoms. The summed E-state index contributed by atoms with van der Waals surface area (Å²) in [5, 5.41) is 6.28. The van der Waals surface area contributed by atoms with E-state index in [0.717, 1.165) is 6.07 Å². The van der Waals surface area contributed by atoms with Gasteiger partial charge in [0.25, 0.3) is 21.0 Å². The van der Waals surface area contributed by atoms with Gasteiger partial charge in [0, 0.05) is 56.2 Å². The van der Waals surface area contributed by atoms with Crippen LogP contribution in [0.25, 0.3) is 0 Å². The first-order valence-electron chi connectivity index (χ1n) is 11.6. The lowest BCUT2D eigenvalue weighted by molar-refractivity contribution is -0.532. The zero-order valence-corrected chi connectivity index (χ0v) is 20.5. The van der Waals surface area contributed by atoms with Gasteiger partial charge in [-0.05, 0) is 31.0 Å². The van der Waals surface area contributed by atoms with Gasteiger partial charge in [-0.3, -0.25) is 9.69 Å². The van der Waals surface area contributed by atoms with Crippen LogP contribution in [0, 0.1) is 5.82 Å². The van der Waals surface area contributed by atoms with E-state index in [1.807, 2.05) is 4.90 Å². The molecule has 1 saturated carbocycles. The number of nitrogens with one attached hydrogen (secondary N) is 1. The van der Waals surface area contributed by atoms with E-state index >= 15 is 0 Å². The van der Waals surface area contributed by atoms with E-state index in [1.165, 1.54) is 8.99 Å². The molecule has 8 nitrogen and oxygen atoms in total. The van der Waals surface area contributed by atoms with Crippen molar-refractivity contribution in [3.63, 3.8) is 0 Å². The Hall–Kier alpha value is -2.52. The van der Waals surface area contributed by atoms with Gasteiger partial charge >= 0.3 is 6.18 Å². The minimum atomic E-state index is -4.78. The van der Waals surface area contributed by atoms with Crippen molar-refractivity contribution in [2.75, 3.05) is 39.3 Å². The van der Waals surface area contributed by atoms with Crippen molar-refractivity contribution >= 4 is 27.7 Å². The average Bonchev–Trinajstić information content (AvgIpc) is 2.81. The molecule has 1 N–H and O–H groups in total. The number of sulfonamides is 1. The predicted octanol–water partition coefficient (Wildman–Crippen LogP) is 2.51. The number of carbonyl (C=O) groups excluding carboxylic acids is 1. The molecule has 0 unspecified atom stereocenters. The molecule has 1 aromatic carbocycles. The van der Waals surface area contributed by atoms with Crippen LogP contribution in [0.4, 0.5) is 26.3 Å². The zero-order valence-electron chi connectivity index (χ0n) is 19.7. The molecule has 2 aliphatic heterocycles. The molecular formula is C22H26F6N5O3S+. The second-order valence-corrected chi connectivity index (χ2v) is 11.4. The number of halogens is 6. The Morgan fingerprint density at radius 3 is 2.22 bits per heavy atom. The highest BCUT2D eigenvalue weighted by molar-refractivity contribution is 8.04. The summed E-state index contributed by atoms with van der Waals surface area (Å²) in [5.41, 5.74) is -2.79. The summed E-state index contributed by atoms with van der Waals surface area (Å²) in [6, 6.07) is 1.55. The minimum absolute atomic E-state index is 0.00574. The van der Waals surface area contributed by atoms with Gasteiger partial charge in [-0.1, -0.05) is 4.68 Å². The van der Waals surface area contributed by atoms with Crippen LogP contribution < -0.4 is 5.32 Å². The van der Waals surface area contributed by atoms with Crippen LogP contribution in [0.5, 0.6) is 0 Å². The summed E-state index contributed by atoms with van der Waals surface area (Å²) in [6.07, 6.45) is -5.70. The zero-order chi connectivity index (χ0) is 27.2. The number of hydrogen-bond donors (Lipinski definition) is 1. The van der Waals surface area contributed by atoms with Crippen LogP contribution in [0.3, 0.4) is 0 Å². The van der Waals surface area contributed by atoms with E-state index in [9.17, 15) is 39.6 Å². The Balaban J connectivity index is 1.47. The lowest BCUT2D eigenvalue weighted by Crippen LogP contribution is -2.64. The van der Waals surface area contributed by atoms with Crippen LogP contribution >= 0.6 is 0 Å². The Kier molecular flexibility index (Phi) is 7.18. The SMILES string of the molecule is C=[N+]1CC(S(=O)(=O)N2CCN(C3(CNC(=O)c4ccc(C(F)(F)F)cc4F)CCC(F)(F)CC3)CC2)=N1. The molecule has 204 valence electrons. The van der Waals surface area contributed by atoms with Crippen molar-refractivity contribution in [2.24, 2.45) is 5.10 Å². The molecule has 0 radical (unpaired) electrons. The number of amides is 1. The number of nitrogens with zero attached hydrogens (tertiary/aromatic N) is 4. The molecule has 1 aliphatic carbocycles. The van der Waals surface area contributed by atoms with Crippen molar-refractivity contribution in [3.05, 3.63) is 35.1 Å². The van der Waals surface area contributed by atoms with E-state index < -0.39 is 63.4 Å². The highest BCUT2D eigenvalue weighted by Crippen LogP contribution is 2.42. The molecule has 2 fully saturated rings. The maximum atomic E-state index is 14.3.